The maximum atomic E-state index is 12.0. The average Bonchev–Trinajstić information content (AvgIpc) is 2.45. The highest BCUT2D eigenvalue weighted by atomic mass is 16.8. The molecule has 0 fully saturated rings. The summed E-state index contributed by atoms with van der Waals surface area (Å²) >= 11 is 0. The van der Waals surface area contributed by atoms with Crippen molar-refractivity contribution in [2.24, 2.45) is 0 Å². The van der Waals surface area contributed by atoms with Gasteiger partial charge in [0.2, 0.25) is 0 Å². The van der Waals surface area contributed by atoms with E-state index in [4.69, 9.17) is 14.8 Å². The molecule has 0 saturated heterocycles. The summed E-state index contributed by atoms with van der Waals surface area (Å²) in [5.41, 5.74) is -1.41. The van der Waals surface area contributed by atoms with Crippen molar-refractivity contribution in [1.29, 1.82) is 0 Å². The van der Waals surface area contributed by atoms with Gasteiger partial charge in [-0.15, -0.1) is 5.23 Å². The van der Waals surface area contributed by atoms with Crippen molar-refractivity contribution in [2.45, 2.75) is 6.92 Å². The van der Waals surface area contributed by atoms with Crippen LogP contribution >= 0.6 is 0 Å². The number of rotatable bonds is 4. The molecule has 2 aromatic rings. The Kier molecular flexibility index (Phi) is 4.49. The Morgan fingerprint density at radius 1 is 1.17 bits per heavy atom. The molecule has 8 nitrogen and oxygen atoms in total. The minimum absolute atomic E-state index is 0.169. The number of benzene rings is 1. The molecule has 2 rings (SSSR count). The zero-order valence-electron chi connectivity index (χ0n) is 11.9. The first kappa shape index (κ1) is 16.3. The van der Waals surface area contributed by atoms with Crippen molar-refractivity contribution in [3.8, 4) is 11.5 Å². The second kappa shape index (κ2) is 6.34. The molecule has 0 aliphatic rings. The van der Waals surface area contributed by atoms with E-state index in [9.17, 15) is 19.8 Å². The number of aromatic hydroxyl groups is 2. The van der Waals surface area contributed by atoms with E-state index in [2.05, 4.69) is 0 Å². The number of carbonyl (C=O) groups excluding carboxylic acids is 1. The number of hydrogen-bond acceptors (Lipinski definition) is 8. The summed E-state index contributed by atoms with van der Waals surface area (Å²) < 4.78 is 4.75. The Morgan fingerprint density at radius 2 is 1.87 bits per heavy atom. The van der Waals surface area contributed by atoms with E-state index in [1.165, 1.54) is 31.2 Å². The first-order chi connectivity index (χ1) is 10.8. The SMILES string of the molecule is Cc1cc(O)c(C(=O)/C=C/c2ccc(O)c(N(O)O)c2)c(=O)o1. The van der Waals surface area contributed by atoms with Crippen LogP contribution < -0.4 is 10.9 Å². The molecule has 120 valence electrons. The number of nitrogens with zero attached hydrogens (tertiary/aromatic N) is 1. The lowest BCUT2D eigenvalue weighted by Crippen LogP contribution is -2.13. The van der Waals surface area contributed by atoms with E-state index >= 15 is 0 Å². The summed E-state index contributed by atoms with van der Waals surface area (Å²) in [6, 6.07) is 4.94. The van der Waals surface area contributed by atoms with Crippen LogP contribution in [-0.2, 0) is 0 Å². The molecule has 0 amide bonds. The predicted octanol–water partition coefficient (Wildman–Crippen LogP) is 1.84. The van der Waals surface area contributed by atoms with Crippen LogP contribution in [0.4, 0.5) is 5.69 Å². The Hall–Kier alpha value is -3.10. The van der Waals surface area contributed by atoms with E-state index in [0.29, 0.717) is 5.56 Å². The zero-order valence-corrected chi connectivity index (χ0v) is 11.9. The summed E-state index contributed by atoms with van der Waals surface area (Å²) in [6.45, 7) is 1.46. The number of phenols is 1. The number of allylic oxidation sites excluding steroid dienone is 1. The van der Waals surface area contributed by atoms with Gasteiger partial charge in [0.05, 0.1) is 0 Å². The molecule has 1 heterocycles. The molecular weight excluding hydrogens is 306 g/mol. The quantitative estimate of drug-likeness (QED) is 0.381. The molecule has 0 aliphatic carbocycles. The van der Waals surface area contributed by atoms with Gasteiger partial charge in [-0.25, -0.2) is 4.79 Å². The van der Waals surface area contributed by atoms with Crippen LogP contribution in [0.5, 0.6) is 11.5 Å². The van der Waals surface area contributed by atoms with Crippen molar-refractivity contribution < 1.29 is 29.8 Å². The van der Waals surface area contributed by atoms with Gasteiger partial charge in [-0.2, -0.15) is 0 Å². The van der Waals surface area contributed by atoms with Crippen molar-refractivity contribution in [3.63, 3.8) is 0 Å². The number of hydrogen-bond donors (Lipinski definition) is 4. The second-order valence-electron chi connectivity index (χ2n) is 4.64. The monoisotopic (exact) mass is 319 g/mol. The molecule has 0 saturated carbocycles. The Morgan fingerprint density at radius 3 is 2.48 bits per heavy atom. The molecule has 0 bridgehead atoms. The summed E-state index contributed by atoms with van der Waals surface area (Å²) in [5.74, 6) is -1.48. The van der Waals surface area contributed by atoms with Gasteiger partial charge in [-0.1, -0.05) is 12.1 Å². The second-order valence-corrected chi connectivity index (χ2v) is 4.64. The van der Waals surface area contributed by atoms with E-state index in [1.807, 2.05) is 0 Å². The lowest BCUT2D eigenvalue weighted by molar-refractivity contribution is 0.0279. The van der Waals surface area contributed by atoms with Gasteiger partial charge in [0.15, 0.2) is 5.78 Å². The number of carbonyl (C=O) groups is 1. The molecule has 0 atom stereocenters. The van der Waals surface area contributed by atoms with E-state index in [-0.39, 0.29) is 22.4 Å². The van der Waals surface area contributed by atoms with Gasteiger partial charge in [0.25, 0.3) is 0 Å². The minimum atomic E-state index is -0.958. The van der Waals surface area contributed by atoms with Gasteiger partial charge in [0.1, 0.15) is 28.5 Å². The lowest BCUT2D eigenvalue weighted by Gasteiger charge is -2.10. The van der Waals surface area contributed by atoms with Crippen molar-refractivity contribution in [1.82, 2.24) is 0 Å². The van der Waals surface area contributed by atoms with E-state index in [0.717, 1.165) is 12.1 Å². The number of aryl methyl sites for hydroxylation is 1. The minimum Gasteiger partial charge on any atom is -0.507 e. The topological polar surface area (TPSA) is 131 Å². The van der Waals surface area contributed by atoms with Crippen LogP contribution in [0.1, 0.15) is 21.7 Å². The molecule has 23 heavy (non-hydrogen) atoms. The van der Waals surface area contributed by atoms with Crippen LogP contribution in [0.2, 0.25) is 0 Å². The number of anilines is 1. The van der Waals surface area contributed by atoms with E-state index in [1.54, 1.807) is 0 Å². The summed E-state index contributed by atoms with van der Waals surface area (Å²) in [5, 5.41) is 36.7. The molecule has 8 heteroatoms. The van der Waals surface area contributed by atoms with Crippen LogP contribution in [0, 0.1) is 6.92 Å². The molecule has 0 aliphatic heterocycles. The third kappa shape index (κ3) is 3.57. The van der Waals surface area contributed by atoms with Crippen LogP contribution in [-0.4, -0.2) is 26.4 Å². The van der Waals surface area contributed by atoms with Gasteiger partial charge in [-0.05, 0) is 30.7 Å². The Bertz CT molecular complexity index is 836. The maximum Gasteiger partial charge on any atom is 0.351 e. The van der Waals surface area contributed by atoms with Gasteiger partial charge in [0, 0.05) is 6.07 Å². The Labute approximate surface area is 129 Å². The molecule has 0 radical (unpaired) electrons. The summed E-state index contributed by atoms with van der Waals surface area (Å²) in [6.07, 6.45) is 2.28. The highest BCUT2D eigenvalue weighted by Crippen LogP contribution is 2.27. The first-order valence-electron chi connectivity index (χ1n) is 6.36. The third-order valence-corrected chi connectivity index (χ3v) is 2.94. The predicted molar refractivity (Wildman–Crippen MR) is 78.9 cm³/mol. The summed E-state index contributed by atoms with van der Waals surface area (Å²) in [4.78, 5) is 23.6. The highest BCUT2D eigenvalue weighted by Gasteiger charge is 2.16. The smallest absolute Gasteiger partial charge is 0.351 e. The van der Waals surface area contributed by atoms with Gasteiger partial charge in [-0.3, -0.25) is 15.2 Å². The van der Waals surface area contributed by atoms with Crippen LogP contribution in [0.25, 0.3) is 6.08 Å². The highest BCUT2D eigenvalue weighted by molar-refractivity contribution is 6.08. The van der Waals surface area contributed by atoms with Crippen molar-refractivity contribution >= 4 is 17.5 Å². The van der Waals surface area contributed by atoms with Gasteiger partial charge >= 0.3 is 5.63 Å². The average molecular weight is 319 g/mol. The van der Waals surface area contributed by atoms with Gasteiger partial charge < -0.3 is 14.6 Å². The fourth-order valence-electron chi connectivity index (χ4n) is 1.88. The fraction of sp³-hybridized carbons (Fsp3) is 0.0667. The normalized spacial score (nSPS) is 10.9. The molecule has 1 aromatic carbocycles. The Balaban J connectivity index is 2.33. The van der Waals surface area contributed by atoms with E-state index < -0.39 is 22.7 Å². The first-order valence-corrected chi connectivity index (χ1v) is 6.36. The standard InChI is InChI=1S/C15H13NO7/c1-8-6-13(19)14(15(20)23-8)12(18)5-3-9-2-4-11(17)10(7-9)16(21)22/h2-7,17,19,21-22H,1H3/b5-3+. The van der Waals surface area contributed by atoms with Crippen molar-refractivity contribution in [3.05, 3.63) is 57.6 Å². The molecule has 1 aromatic heterocycles. The molecular formula is C15H13NO7. The largest absolute Gasteiger partial charge is 0.507 e. The van der Waals surface area contributed by atoms with Crippen LogP contribution in [0.3, 0.4) is 0 Å². The molecule has 0 spiro atoms. The van der Waals surface area contributed by atoms with Crippen molar-refractivity contribution in [2.75, 3.05) is 5.23 Å². The number of ketones is 1. The lowest BCUT2D eigenvalue weighted by atomic mass is 10.1. The van der Waals surface area contributed by atoms with Crippen LogP contribution in [0.15, 0.2) is 39.6 Å². The maximum absolute atomic E-state index is 12.0. The molecule has 0 unspecified atom stereocenters. The zero-order chi connectivity index (χ0) is 17.1. The number of phenolic OH excluding ortho intramolecular Hbond substituents is 1. The fourth-order valence-corrected chi connectivity index (χ4v) is 1.88. The summed E-state index contributed by atoms with van der Waals surface area (Å²) in [7, 11) is 0. The third-order valence-electron chi connectivity index (χ3n) is 2.94. The molecule has 4 N–H and O–H groups in total.